The number of rotatable bonds is 3. The summed E-state index contributed by atoms with van der Waals surface area (Å²) in [6.07, 6.45) is -0.410. The van der Waals surface area contributed by atoms with Gasteiger partial charge in [-0.05, 0) is 33.2 Å². The largest absolute Gasteiger partial charge is 0.330 e. The summed E-state index contributed by atoms with van der Waals surface area (Å²) < 4.78 is 35.9. The summed E-state index contributed by atoms with van der Waals surface area (Å²) in [4.78, 5) is 0. The lowest BCUT2D eigenvalue weighted by atomic mass is 9.87. The third-order valence-corrected chi connectivity index (χ3v) is 5.95. The molecule has 2 unspecified atom stereocenters. The summed E-state index contributed by atoms with van der Waals surface area (Å²) in [6.45, 7) is 3.50. The van der Waals surface area contributed by atoms with Crippen molar-refractivity contribution in [2.75, 3.05) is 12.3 Å². The second kappa shape index (κ2) is 3.77. The fraction of sp³-hybridized carbons (Fsp3) is 1.00. The van der Waals surface area contributed by atoms with E-state index in [-0.39, 0.29) is 18.7 Å². The first-order chi connectivity index (χ1) is 6.33. The summed E-state index contributed by atoms with van der Waals surface area (Å²) in [5.41, 5.74) is 5.26. The second-order valence-corrected chi connectivity index (χ2v) is 7.10. The van der Waals surface area contributed by atoms with Crippen molar-refractivity contribution in [1.29, 1.82) is 0 Å². The number of halogens is 1. The maximum absolute atomic E-state index is 13.6. The zero-order valence-corrected chi connectivity index (χ0v) is 9.48. The van der Waals surface area contributed by atoms with E-state index in [1.807, 2.05) is 0 Å². The monoisotopic (exact) mass is 223 g/mol. The molecule has 5 heteroatoms. The van der Waals surface area contributed by atoms with E-state index >= 15 is 0 Å². The van der Waals surface area contributed by atoms with E-state index < -0.39 is 26.7 Å². The lowest BCUT2D eigenvalue weighted by Crippen LogP contribution is -2.38. The Labute approximate surface area is 84.8 Å². The topological polar surface area (TPSA) is 60.2 Å². The van der Waals surface area contributed by atoms with Crippen LogP contribution in [0.15, 0.2) is 0 Å². The molecule has 0 radical (unpaired) electrons. The lowest BCUT2D eigenvalue weighted by molar-refractivity contribution is 0.189. The van der Waals surface area contributed by atoms with Crippen molar-refractivity contribution in [1.82, 2.24) is 0 Å². The van der Waals surface area contributed by atoms with Gasteiger partial charge in [-0.25, -0.2) is 12.8 Å². The number of alkyl halides is 1. The maximum atomic E-state index is 13.6. The molecule has 0 saturated carbocycles. The van der Waals surface area contributed by atoms with Gasteiger partial charge in [0.25, 0.3) is 0 Å². The molecule has 1 fully saturated rings. The molecule has 1 heterocycles. The summed E-state index contributed by atoms with van der Waals surface area (Å²) in [7, 11) is -3.12. The van der Waals surface area contributed by atoms with E-state index in [1.165, 1.54) is 0 Å². The average molecular weight is 223 g/mol. The van der Waals surface area contributed by atoms with Gasteiger partial charge in [0, 0.05) is 5.92 Å². The third-order valence-electron chi connectivity index (χ3n) is 3.27. The molecule has 3 nitrogen and oxygen atoms in total. The predicted octanol–water partition coefficient (Wildman–Crippen LogP) is 0.887. The molecule has 0 aromatic carbocycles. The molecule has 0 spiro atoms. The van der Waals surface area contributed by atoms with Crippen molar-refractivity contribution in [3.8, 4) is 0 Å². The minimum atomic E-state index is -3.12. The van der Waals surface area contributed by atoms with Crippen LogP contribution in [0.25, 0.3) is 0 Å². The Bertz CT molecular complexity index is 300. The maximum Gasteiger partial charge on any atom is 0.155 e. The van der Waals surface area contributed by atoms with Gasteiger partial charge in [0.05, 0.1) is 10.5 Å². The molecule has 1 saturated heterocycles. The van der Waals surface area contributed by atoms with Crippen LogP contribution >= 0.6 is 0 Å². The Morgan fingerprint density at radius 3 is 2.50 bits per heavy atom. The quantitative estimate of drug-likeness (QED) is 0.773. The molecule has 0 aliphatic carbocycles. The average Bonchev–Trinajstić information content (AvgIpc) is 2.23. The molecule has 84 valence electrons. The molecule has 14 heavy (non-hydrogen) atoms. The highest BCUT2D eigenvalue weighted by Crippen LogP contribution is 2.40. The van der Waals surface area contributed by atoms with Gasteiger partial charge in [0.2, 0.25) is 0 Å². The first-order valence-electron chi connectivity index (χ1n) is 4.89. The van der Waals surface area contributed by atoms with Crippen LogP contribution in [0, 0.1) is 5.92 Å². The molecule has 0 amide bonds. The van der Waals surface area contributed by atoms with E-state index in [9.17, 15) is 12.8 Å². The summed E-state index contributed by atoms with van der Waals surface area (Å²) >= 11 is 0. The van der Waals surface area contributed by atoms with Crippen LogP contribution in [0.5, 0.6) is 0 Å². The van der Waals surface area contributed by atoms with Gasteiger partial charge in [0.1, 0.15) is 6.17 Å². The zero-order chi connectivity index (χ0) is 11.0. The van der Waals surface area contributed by atoms with Crippen LogP contribution in [-0.2, 0) is 9.84 Å². The molecule has 0 aromatic heterocycles. The van der Waals surface area contributed by atoms with Gasteiger partial charge in [-0.15, -0.1) is 0 Å². The van der Waals surface area contributed by atoms with E-state index in [1.54, 1.807) is 13.8 Å². The van der Waals surface area contributed by atoms with E-state index in [4.69, 9.17) is 5.73 Å². The van der Waals surface area contributed by atoms with Crippen LogP contribution in [0.3, 0.4) is 0 Å². The molecule has 2 N–H and O–H groups in total. The fourth-order valence-electron chi connectivity index (χ4n) is 2.10. The predicted molar refractivity (Wildman–Crippen MR) is 54.5 cm³/mol. The van der Waals surface area contributed by atoms with Crippen LogP contribution < -0.4 is 5.73 Å². The van der Waals surface area contributed by atoms with Crippen LogP contribution in [-0.4, -0.2) is 31.6 Å². The molecule has 1 aliphatic rings. The van der Waals surface area contributed by atoms with Gasteiger partial charge in [0.15, 0.2) is 9.84 Å². The first kappa shape index (κ1) is 11.9. The highest BCUT2D eigenvalue weighted by atomic mass is 32.2. The standard InChI is InChI=1S/C9H18FNO2S/c1-9(2)7(8(10)3-5-11)4-6-14(9,12)13/h7-8H,3-6,11H2,1-2H3. The summed E-state index contributed by atoms with van der Waals surface area (Å²) in [5.74, 6) is -0.286. The van der Waals surface area contributed by atoms with E-state index in [2.05, 4.69) is 0 Å². The first-order valence-corrected chi connectivity index (χ1v) is 6.54. The van der Waals surface area contributed by atoms with Crippen molar-refractivity contribution in [3.05, 3.63) is 0 Å². The summed E-state index contributed by atoms with van der Waals surface area (Å²) in [5, 5.41) is 0. The second-order valence-electron chi connectivity index (χ2n) is 4.41. The van der Waals surface area contributed by atoms with Gasteiger partial charge in [-0.3, -0.25) is 0 Å². The van der Waals surface area contributed by atoms with Crippen LogP contribution in [0.2, 0.25) is 0 Å². The number of hydrogen-bond acceptors (Lipinski definition) is 3. The van der Waals surface area contributed by atoms with Crippen molar-refractivity contribution < 1.29 is 12.8 Å². The molecule has 0 bridgehead atoms. The smallest absolute Gasteiger partial charge is 0.155 e. The molecule has 1 rings (SSSR count). The van der Waals surface area contributed by atoms with Gasteiger partial charge in [-0.2, -0.15) is 0 Å². The zero-order valence-electron chi connectivity index (χ0n) is 8.66. The number of hydrogen-bond donors (Lipinski definition) is 1. The molecule has 0 aromatic rings. The van der Waals surface area contributed by atoms with E-state index in [0.717, 1.165) is 0 Å². The third kappa shape index (κ3) is 1.80. The summed E-state index contributed by atoms with van der Waals surface area (Å²) in [6, 6.07) is 0. The normalized spacial score (nSPS) is 31.6. The SMILES string of the molecule is CC1(C)C(C(F)CCN)CCS1(=O)=O. The Morgan fingerprint density at radius 2 is 2.14 bits per heavy atom. The Hall–Kier alpha value is -0.160. The number of nitrogens with two attached hydrogens (primary N) is 1. The van der Waals surface area contributed by atoms with E-state index in [0.29, 0.717) is 6.42 Å². The number of sulfone groups is 1. The molecular formula is C9H18FNO2S. The van der Waals surface area contributed by atoms with Crippen LogP contribution in [0.4, 0.5) is 4.39 Å². The highest BCUT2D eigenvalue weighted by molar-refractivity contribution is 7.93. The Balaban J connectivity index is 2.85. The lowest BCUT2D eigenvalue weighted by Gasteiger charge is -2.28. The highest BCUT2D eigenvalue weighted by Gasteiger charge is 2.50. The van der Waals surface area contributed by atoms with Crippen LogP contribution in [0.1, 0.15) is 26.7 Å². The minimum Gasteiger partial charge on any atom is -0.330 e. The minimum absolute atomic E-state index is 0.107. The van der Waals surface area contributed by atoms with Gasteiger partial charge >= 0.3 is 0 Å². The Morgan fingerprint density at radius 1 is 1.57 bits per heavy atom. The fourth-order valence-corrected chi connectivity index (χ4v) is 3.92. The van der Waals surface area contributed by atoms with Crippen molar-refractivity contribution >= 4 is 9.84 Å². The molecule has 1 aliphatic heterocycles. The van der Waals surface area contributed by atoms with Crippen molar-refractivity contribution in [2.45, 2.75) is 37.6 Å². The van der Waals surface area contributed by atoms with Crippen molar-refractivity contribution in [3.63, 3.8) is 0 Å². The van der Waals surface area contributed by atoms with Gasteiger partial charge in [-0.1, -0.05) is 0 Å². The molecular weight excluding hydrogens is 205 g/mol. The molecule has 2 atom stereocenters. The Kier molecular flexibility index (Phi) is 3.21. The van der Waals surface area contributed by atoms with Gasteiger partial charge < -0.3 is 5.73 Å². The van der Waals surface area contributed by atoms with Crippen molar-refractivity contribution in [2.24, 2.45) is 11.7 Å².